The van der Waals surface area contributed by atoms with Gasteiger partial charge in [-0.05, 0) is 36.4 Å². The molecular formula is C19H26N2O2. The van der Waals surface area contributed by atoms with Crippen molar-refractivity contribution >= 4 is 16.8 Å². The minimum atomic E-state index is -0.449. The molecule has 4 heteroatoms. The maximum absolute atomic E-state index is 12.6. The first-order valence-electron chi connectivity index (χ1n) is 8.14. The summed E-state index contributed by atoms with van der Waals surface area (Å²) in [6.07, 6.45) is 0.868. The number of hydrogen-bond donors (Lipinski definition) is 1. The van der Waals surface area contributed by atoms with Crippen molar-refractivity contribution < 1.29 is 4.79 Å². The number of H-pyrrole nitrogens is 1. The van der Waals surface area contributed by atoms with E-state index >= 15 is 0 Å². The van der Waals surface area contributed by atoms with Gasteiger partial charge in [-0.3, -0.25) is 9.59 Å². The lowest BCUT2D eigenvalue weighted by atomic mass is 9.94. The number of fused-ring (bicyclic) bond motifs is 1. The van der Waals surface area contributed by atoms with Crippen LogP contribution in [-0.4, -0.2) is 22.3 Å². The van der Waals surface area contributed by atoms with Gasteiger partial charge in [-0.1, -0.05) is 39.8 Å². The van der Waals surface area contributed by atoms with E-state index in [0.717, 1.165) is 22.9 Å². The number of hydrogen-bond acceptors (Lipinski definition) is 2. The normalized spacial score (nSPS) is 11.7. The van der Waals surface area contributed by atoms with E-state index in [0.29, 0.717) is 18.7 Å². The van der Waals surface area contributed by atoms with Gasteiger partial charge in [0.25, 0.3) is 5.56 Å². The van der Waals surface area contributed by atoms with E-state index in [1.165, 1.54) is 0 Å². The molecule has 124 valence electrons. The predicted octanol–water partition coefficient (Wildman–Crippen LogP) is 3.62. The van der Waals surface area contributed by atoms with Crippen LogP contribution in [0.15, 0.2) is 29.1 Å². The van der Waals surface area contributed by atoms with Crippen LogP contribution in [0.3, 0.4) is 0 Å². The van der Waals surface area contributed by atoms with Crippen LogP contribution in [-0.2, 0) is 11.3 Å². The van der Waals surface area contributed by atoms with Crippen molar-refractivity contribution in [3.63, 3.8) is 0 Å². The zero-order valence-corrected chi connectivity index (χ0v) is 14.7. The molecule has 4 nitrogen and oxygen atoms in total. The molecule has 1 aromatic heterocycles. The number of aromatic amines is 1. The summed E-state index contributed by atoms with van der Waals surface area (Å²) in [5.41, 5.74) is 2.01. The van der Waals surface area contributed by atoms with Gasteiger partial charge in [0, 0.05) is 23.0 Å². The molecule has 0 bridgehead atoms. The average molecular weight is 314 g/mol. The summed E-state index contributed by atoms with van der Waals surface area (Å²) in [6, 6.07) is 7.88. The first-order chi connectivity index (χ1) is 10.7. The molecule has 2 rings (SSSR count). The Balaban J connectivity index is 2.38. The van der Waals surface area contributed by atoms with Crippen LogP contribution >= 0.6 is 0 Å². The number of nitrogens with zero attached hydrogens (tertiary/aromatic N) is 1. The van der Waals surface area contributed by atoms with E-state index in [9.17, 15) is 9.59 Å². The van der Waals surface area contributed by atoms with E-state index in [4.69, 9.17) is 0 Å². The van der Waals surface area contributed by atoms with Gasteiger partial charge in [0.15, 0.2) is 0 Å². The molecule has 0 saturated heterocycles. The molecule has 0 fully saturated rings. The smallest absolute Gasteiger partial charge is 0.253 e. The number of aryl methyl sites for hydroxylation is 1. The molecular weight excluding hydrogens is 288 g/mol. The van der Waals surface area contributed by atoms with Gasteiger partial charge in [-0.25, -0.2) is 0 Å². The second kappa shape index (κ2) is 6.57. The number of carbonyl (C=O) groups is 1. The fourth-order valence-electron chi connectivity index (χ4n) is 2.68. The van der Waals surface area contributed by atoms with E-state index < -0.39 is 5.41 Å². The summed E-state index contributed by atoms with van der Waals surface area (Å²) in [6.45, 7) is 10.8. The lowest BCUT2D eigenvalue weighted by Crippen LogP contribution is -2.40. The largest absolute Gasteiger partial charge is 0.338 e. The molecule has 0 radical (unpaired) electrons. The predicted molar refractivity (Wildman–Crippen MR) is 94.5 cm³/mol. The fourth-order valence-corrected chi connectivity index (χ4v) is 2.68. The summed E-state index contributed by atoms with van der Waals surface area (Å²) in [4.78, 5) is 29.7. The van der Waals surface area contributed by atoms with Crippen molar-refractivity contribution in [3.05, 3.63) is 45.7 Å². The number of aromatic nitrogens is 1. The summed E-state index contributed by atoms with van der Waals surface area (Å²) >= 11 is 0. The third-order valence-corrected chi connectivity index (χ3v) is 3.86. The average Bonchev–Trinajstić information content (AvgIpc) is 2.46. The van der Waals surface area contributed by atoms with E-state index in [1.807, 2.05) is 58.9 Å². The molecule has 0 atom stereocenters. The van der Waals surface area contributed by atoms with E-state index in [2.05, 4.69) is 4.98 Å². The van der Waals surface area contributed by atoms with Crippen LogP contribution in [0, 0.1) is 12.3 Å². The quantitative estimate of drug-likeness (QED) is 0.937. The standard InChI is InChI=1S/C19H26N2O2/c1-6-9-21(18(23)19(3,4)5)12-15-11-14-8-7-13(2)10-16(14)20-17(15)22/h7-8,10-11H,6,9,12H2,1-5H3,(H,20,22). The van der Waals surface area contributed by atoms with Crippen molar-refractivity contribution in [2.45, 2.75) is 47.6 Å². The Bertz CT molecular complexity index is 769. The van der Waals surface area contributed by atoms with Gasteiger partial charge in [0.05, 0.1) is 6.54 Å². The van der Waals surface area contributed by atoms with Crippen LogP contribution in [0.1, 0.15) is 45.2 Å². The van der Waals surface area contributed by atoms with Gasteiger partial charge in [-0.15, -0.1) is 0 Å². The summed E-state index contributed by atoms with van der Waals surface area (Å²) < 4.78 is 0. The number of carbonyl (C=O) groups excluding carboxylic acids is 1. The highest BCUT2D eigenvalue weighted by Crippen LogP contribution is 2.20. The van der Waals surface area contributed by atoms with Crippen molar-refractivity contribution in [3.8, 4) is 0 Å². The molecule has 0 spiro atoms. The van der Waals surface area contributed by atoms with Crippen molar-refractivity contribution in [2.24, 2.45) is 5.41 Å². The third kappa shape index (κ3) is 4.01. The lowest BCUT2D eigenvalue weighted by Gasteiger charge is -2.29. The van der Waals surface area contributed by atoms with Gasteiger partial charge < -0.3 is 9.88 Å². The SMILES string of the molecule is CCCN(Cc1cc2ccc(C)cc2[nH]c1=O)C(=O)C(C)(C)C. The molecule has 1 N–H and O–H groups in total. The number of nitrogens with one attached hydrogen (secondary N) is 1. The molecule has 0 unspecified atom stereocenters. The molecule has 0 saturated carbocycles. The highest BCUT2D eigenvalue weighted by molar-refractivity contribution is 5.82. The molecule has 1 aromatic carbocycles. The molecule has 23 heavy (non-hydrogen) atoms. The Morgan fingerprint density at radius 1 is 1.22 bits per heavy atom. The van der Waals surface area contributed by atoms with Crippen LogP contribution in [0.2, 0.25) is 0 Å². The summed E-state index contributed by atoms with van der Waals surface area (Å²) in [7, 11) is 0. The number of pyridine rings is 1. The topological polar surface area (TPSA) is 53.2 Å². The van der Waals surface area contributed by atoms with Crippen molar-refractivity contribution in [2.75, 3.05) is 6.54 Å². The number of rotatable bonds is 4. The van der Waals surface area contributed by atoms with Crippen molar-refractivity contribution in [1.82, 2.24) is 9.88 Å². The van der Waals surface area contributed by atoms with Gasteiger partial charge in [0.2, 0.25) is 5.91 Å². The molecule has 0 aliphatic rings. The molecule has 0 aliphatic heterocycles. The minimum absolute atomic E-state index is 0.0720. The molecule has 1 heterocycles. The Kier molecular flexibility index (Phi) is 4.93. The van der Waals surface area contributed by atoms with E-state index in [1.54, 1.807) is 4.90 Å². The zero-order chi connectivity index (χ0) is 17.2. The van der Waals surface area contributed by atoms with Crippen LogP contribution < -0.4 is 5.56 Å². The van der Waals surface area contributed by atoms with Crippen molar-refractivity contribution in [1.29, 1.82) is 0 Å². The van der Waals surface area contributed by atoms with Gasteiger partial charge in [-0.2, -0.15) is 0 Å². The summed E-state index contributed by atoms with van der Waals surface area (Å²) in [5.74, 6) is 0.0720. The maximum atomic E-state index is 12.6. The lowest BCUT2D eigenvalue weighted by molar-refractivity contribution is -0.140. The minimum Gasteiger partial charge on any atom is -0.338 e. The Morgan fingerprint density at radius 2 is 1.91 bits per heavy atom. The van der Waals surface area contributed by atoms with Gasteiger partial charge in [0.1, 0.15) is 0 Å². The highest BCUT2D eigenvalue weighted by Gasteiger charge is 2.27. The second-order valence-electron chi connectivity index (χ2n) is 7.19. The Labute approximate surface area is 137 Å². The second-order valence-corrected chi connectivity index (χ2v) is 7.19. The van der Waals surface area contributed by atoms with E-state index in [-0.39, 0.29) is 11.5 Å². The Hall–Kier alpha value is -2.10. The molecule has 0 aliphatic carbocycles. The number of benzene rings is 1. The molecule has 1 amide bonds. The maximum Gasteiger partial charge on any atom is 0.253 e. The Morgan fingerprint density at radius 3 is 2.52 bits per heavy atom. The zero-order valence-electron chi connectivity index (χ0n) is 14.7. The molecule has 2 aromatic rings. The van der Waals surface area contributed by atoms with Gasteiger partial charge >= 0.3 is 0 Å². The number of amides is 1. The monoisotopic (exact) mass is 314 g/mol. The fraction of sp³-hybridized carbons (Fsp3) is 0.474. The first kappa shape index (κ1) is 17.3. The highest BCUT2D eigenvalue weighted by atomic mass is 16.2. The van der Waals surface area contributed by atoms with Crippen LogP contribution in [0.5, 0.6) is 0 Å². The van der Waals surface area contributed by atoms with Crippen LogP contribution in [0.25, 0.3) is 10.9 Å². The third-order valence-electron chi connectivity index (χ3n) is 3.86. The summed E-state index contributed by atoms with van der Waals surface area (Å²) in [5, 5.41) is 0.991. The first-order valence-corrected chi connectivity index (χ1v) is 8.14. The van der Waals surface area contributed by atoms with Crippen LogP contribution in [0.4, 0.5) is 0 Å².